The van der Waals surface area contributed by atoms with Crippen molar-refractivity contribution in [3.63, 3.8) is 0 Å². The molecular formula is C62H68N8O11S3. The standard InChI is InChI=1S/C62H68N8O11S3/c1-39-54(82-38-64-39)43-20-16-41(17-21-43)35-63-57(74)49-34-44(71)36-70(49)58(75)55(62(2,3)4)66-52(72)25-29-79-31-33-80-32-30-78-27-8-10-40-18-22-45(23-19-40)81-28-9-15-51-53(59(76)77)67-61(84-51)69-26-24-42-11-7-12-46(47(42)37-69)56(73)68-60-65-48-13-5-6-14-50(48)83-60/h5-7,11-14,16-23,38,44,49,55,71H,9,15,24-37H2,1-4H3,(H,63,74)(H,66,72)(H,76,77)(H,65,68,73)/t44-,49+,55-/m1/s1. The number of carboxylic acids is 1. The third kappa shape index (κ3) is 16.2. The molecule has 19 nitrogen and oxygen atoms in total. The quantitative estimate of drug-likeness (QED) is 0.0267. The van der Waals surface area contributed by atoms with E-state index in [1.807, 2.05) is 129 Å². The molecule has 0 radical (unpaired) electrons. The van der Waals surface area contributed by atoms with Crippen molar-refractivity contribution in [2.24, 2.45) is 5.41 Å². The first-order chi connectivity index (χ1) is 40.6. The highest BCUT2D eigenvalue weighted by Gasteiger charge is 2.44. The molecule has 440 valence electrons. The van der Waals surface area contributed by atoms with E-state index < -0.39 is 35.5 Å². The van der Waals surface area contributed by atoms with Gasteiger partial charge in [-0.25, -0.2) is 19.7 Å². The highest BCUT2D eigenvalue weighted by molar-refractivity contribution is 7.22. The summed E-state index contributed by atoms with van der Waals surface area (Å²) < 4.78 is 23.8. The van der Waals surface area contributed by atoms with Crippen LogP contribution in [-0.4, -0.2) is 137 Å². The Bertz CT molecular complexity index is 3460. The first kappa shape index (κ1) is 61.0. The van der Waals surface area contributed by atoms with Crippen LogP contribution in [0.1, 0.15) is 93.7 Å². The van der Waals surface area contributed by atoms with Crippen LogP contribution in [0.5, 0.6) is 5.75 Å². The van der Waals surface area contributed by atoms with Gasteiger partial charge < -0.3 is 49.6 Å². The summed E-state index contributed by atoms with van der Waals surface area (Å²) in [6, 6.07) is 26.9. The van der Waals surface area contributed by atoms with Crippen molar-refractivity contribution in [3.8, 4) is 28.0 Å². The van der Waals surface area contributed by atoms with Crippen molar-refractivity contribution in [1.82, 2.24) is 30.5 Å². The lowest BCUT2D eigenvalue weighted by Crippen LogP contribution is -2.57. The summed E-state index contributed by atoms with van der Waals surface area (Å²) in [5, 5.41) is 30.5. The SMILES string of the molecule is Cc1ncsc1-c1ccc(CNC(=O)[C@@H]2C[C@@H](O)CN2C(=O)[C@@H](NC(=O)CCOCCOCCOCC#Cc2ccc(OCCCc3sc(N4CCc5cccc(C(=O)Nc6nc7ccccc7s6)c5C4)nc3C(=O)O)cc2)C(C)(C)C)cc1. The third-order valence-electron chi connectivity index (χ3n) is 14.2. The Labute approximate surface area is 499 Å². The minimum absolute atomic E-state index is 0.00909. The molecule has 0 unspecified atom stereocenters. The van der Waals surface area contributed by atoms with E-state index in [1.54, 1.807) is 11.3 Å². The number of aryl methyl sites for hydroxylation is 2. The number of hydrogen-bond donors (Lipinski definition) is 5. The molecule has 7 aromatic rings. The molecule has 4 amide bonds. The van der Waals surface area contributed by atoms with Crippen molar-refractivity contribution in [2.45, 2.75) is 91.1 Å². The molecule has 84 heavy (non-hydrogen) atoms. The largest absolute Gasteiger partial charge is 0.494 e. The Kier molecular flexibility index (Phi) is 20.9. The van der Waals surface area contributed by atoms with Crippen molar-refractivity contribution in [3.05, 3.63) is 141 Å². The number of carbonyl (C=O) groups is 5. The van der Waals surface area contributed by atoms with Gasteiger partial charge >= 0.3 is 5.97 Å². The highest BCUT2D eigenvalue weighted by Crippen LogP contribution is 2.34. The van der Waals surface area contributed by atoms with Crippen molar-refractivity contribution in [1.29, 1.82) is 0 Å². The van der Waals surface area contributed by atoms with E-state index in [0.29, 0.717) is 78.6 Å². The first-order valence-electron chi connectivity index (χ1n) is 27.8. The number of nitrogens with zero attached hydrogens (tertiary/aromatic N) is 5. The lowest BCUT2D eigenvalue weighted by atomic mass is 9.85. The first-order valence-corrected chi connectivity index (χ1v) is 30.3. The summed E-state index contributed by atoms with van der Waals surface area (Å²) in [6.07, 6.45) is 0.960. The predicted molar refractivity (Wildman–Crippen MR) is 324 cm³/mol. The number of carboxylic acid groups (broad SMARTS) is 1. The molecule has 0 spiro atoms. The zero-order valence-electron chi connectivity index (χ0n) is 47.3. The molecule has 2 aliphatic heterocycles. The maximum atomic E-state index is 14.0. The number of aromatic carboxylic acids is 1. The summed E-state index contributed by atoms with van der Waals surface area (Å²) in [7, 11) is 0. The van der Waals surface area contributed by atoms with E-state index in [2.05, 4.69) is 42.7 Å². The van der Waals surface area contributed by atoms with Gasteiger partial charge in [-0.3, -0.25) is 24.5 Å². The second kappa shape index (κ2) is 28.8. The van der Waals surface area contributed by atoms with Crippen molar-refractivity contribution < 1.29 is 53.1 Å². The lowest BCUT2D eigenvalue weighted by Gasteiger charge is -2.35. The Morgan fingerprint density at radius 1 is 0.869 bits per heavy atom. The lowest BCUT2D eigenvalue weighted by molar-refractivity contribution is -0.144. The average Bonchev–Trinajstić information content (AvgIpc) is 4.07. The number of fused-ring (bicyclic) bond motifs is 2. The molecule has 4 aromatic carbocycles. The number of ether oxygens (including phenoxy) is 4. The van der Waals surface area contributed by atoms with E-state index in [9.17, 15) is 34.2 Å². The smallest absolute Gasteiger partial charge is 0.355 e. The van der Waals surface area contributed by atoms with E-state index >= 15 is 0 Å². The Morgan fingerprint density at radius 3 is 2.37 bits per heavy atom. The zero-order chi connectivity index (χ0) is 59.2. The number of benzene rings is 4. The molecule has 1 fully saturated rings. The maximum Gasteiger partial charge on any atom is 0.355 e. The summed E-state index contributed by atoms with van der Waals surface area (Å²) >= 11 is 4.35. The summed E-state index contributed by atoms with van der Waals surface area (Å²) in [5.74, 6) is 4.22. The number of nitrogens with one attached hydrogen (secondary N) is 3. The summed E-state index contributed by atoms with van der Waals surface area (Å²) in [6.45, 7) is 10.6. The van der Waals surface area contributed by atoms with Gasteiger partial charge in [0.1, 0.15) is 24.4 Å². The maximum absolute atomic E-state index is 14.0. The molecule has 0 saturated carbocycles. The number of aliphatic hydroxyl groups excluding tert-OH is 1. The Hall–Kier alpha value is -7.62. The number of aromatic nitrogens is 3. The van der Waals surface area contributed by atoms with E-state index in [0.717, 1.165) is 48.6 Å². The van der Waals surface area contributed by atoms with Gasteiger partial charge in [-0.15, -0.1) is 22.7 Å². The molecular weight excluding hydrogens is 1130 g/mol. The number of anilines is 2. The van der Waals surface area contributed by atoms with Gasteiger partial charge in [0.25, 0.3) is 5.91 Å². The number of thiazole rings is 3. The zero-order valence-corrected chi connectivity index (χ0v) is 49.8. The molecule has 3 atom stereocenters. The van der Waals surface area contributed by atoms with Crippen LogP contribution in [0.25, 0.3) is 20.7 Å². The molecule has 2 aliphatic rings. The van der Waals surface area contributed by atoms with Gasteiger partial charge in [0.2, 0.25) is 17.7 Å². The topological polar surface area (TPSA) is 244 Å². The summed E-state index contributed by atoms with van der Waals surface area (Å²) in [4.78, 5) is 85.0. The Balaban J connectivity index is 0.625. The molecule has 0 aliphatic carbocycles. The minimum Gasteiger partial charge on any atom is -0.494 e. The van der Waals surface area contributed by atoms with Crippen LogP contribution in [0.15, 0.2) is 96.5 Å². The average molecular weight is 1200 g/mol. The third-order valence-corrected chi connectivity index (χ3v) is 17.3. The second-order valence-electron chi connectivity index (χ2n) is 21.4. The van der Waals surface area contributed by atoms with Crippen molar-refractivity contribution in [2.75, 3.05) is 69.6 Å². The molecule has 5 heterocycles. The fourth-order valence-corrected chi connectivity index (χ4v) is 12.6. The molecule has 3 aromatic heterocycles. The number of β-amino-alcohol motifs (C(OH)–C–C–N with tert-alkyl or cyclic N) is 1. The van der Waals surface area contributed by atoms with E-state index in [-0.39, 0.29) is 75.8 Å². The van der Waals surface area contributed by atoms with Gasteiger partial charge in [-0.1, -0.05) is 92.5 Å². The van der Waals surface area contributed by atoms with Gasteiger partial charge in [-0.05, 0) is 96.3 Å². The highest BCUT2D eigenvalue weighted by atomic mass is 32.1. The second-order valence-corrected chi connectivity index (χ2v) is 24.3. The number of rotatable bonds is 25. The van der Waals surface area contributed by atoms with E-state index in [1.165, 1.54) is 27.6 Å². The van der Waals surface area contributed by atoms with Gasteiger partial charge in [0.15, 0.2) is 16.0 Å². The van der Waals surface area contributed by atoms with Gasteiger partial charge in [0.05, 0.1) is 72.0 Å². The van der Waals surface area contributed by atoms with Gasteiger partial charge in [0, 0.05) is 55.0 Å². The van der Waals surface area contributed by atoms with Crippen molar-refractivity contribution >= 4 is 84.1 Å². The van der Waals surface area contributed by atoms with Crippen LogP contribution in [0.2, 0.25) is 0 Å². The molecule has 1 saturated heterocycles. The van der Waals surface area contributed by atoms with E-state index in [4.69, 9.17) is 18.9 Å². The van der Waals surface area contributed by atoms with Crippen LogP contribution in [0, 0.1) is 24.2 Å². The molecule has 5 N–H and O–H groups in total. The van der Waals surface area contributed by atoms with Crippen LogP contribution in [0.4, 0.5) is 10.3 Å². The number of hydrogen-bond acceptors (Lipinski definition) is 17. The number of carbonyl (C=O) groups excluding carboxylic acids is 4. The number of aliphatic hydroxyl groups is 1. The normalized spacial score (nSPS) is 15.2. The van der Waals surface area contributed by atoms with Crippen LogP contribution in [-0.2, 0) is 54.5 Å². The van der Waals surface area contributed by atoms with Gasteiger partial charge in [-0.2, -0.15) is 0 Å². The molecule has 22 heteroatoms. The van der Waals surface area contributed by atoms with Crippen LogP contribution in [0.3, 0.4) is 0 Å². The van der Waals surface area contributed by atoms with Crippen LogP contribution >= 0.6 is 34.0 Å². The fourth-order valence-electron chi connectivity index (χ4n) is 9.79. The molecule has 9 rings (SSSR count). The fraction of sp³-hybridized carbons (Fsp3) is 0.387. The number of para-hydroxylation sites is 1. The number of likely N-dealkylation sites (tertiary alicyclic amines) is 1. The Morgan fingerprint density at radius 2 is 1.63 bits per heavy atom. The monoisotopic (exact) mass is 1200 g/mol. The van der Waals surface area contributed by atoms with Crippen LogP contribution < -0.4 is 25.6 Å². The predicted octanol–water partition coefficient (Wildman–Crippen LogP) is 8.31. The minimum atomic E-state index is -1.08. The number of amides is 4. The molecule has 0 bridgehead atoms. The summed E-state index contributed by atoms with van der Waals surface area (Å²) in [5.41, 5.74) is 8.18.